The van der Waals surface area contributed by atoms with Gasteiger partial charge < -0.3 is 42.8 Å². The number of ether oxygens (including phenoxy) is 1. The molecule has 0 aliphatic rings. The molecule has 0 unspecified atom stereocenters. The van der Waals surface area contributed by atoms with Gasteiger partial charge >= 0.3 is 6.09 Å². The molecule has 19 heteroatoms. The summed E-state index contributed by atoms with van der Waals surface area (Å²) in [6, 6.07) is 30.6. The van der Waals surface area contributed by atoms with E-state index in [9.17, 15) is 38.9 Å². The molecule has 0 aliphatic carbocycles. The van der Waals surface area contributed by atoms with Crippen LogP contribution in [0.25, 0.3) is 0 Å². The highest BCUT2D eigenvalue weighted by atomic mass is 16.7. The first-order valence-electron chi connectivity index (χ1n) is 19.6. The van der Waals surface area contributed by atoms with E-state index >= 15 is 0 Å². The molecular formula is C43H50N10O9. The highest BCUT2D eigenvalue weighted by molar-refractivity contribution is 5.95. The van der Waals surface area contributed by atoms with Crippen molar-refractivity contribution in [3.63, 3.8) is 0 Å². The summed E-state index contributed by atoms with van der Waals surface area (Å²) in [5.41, 5.74) is 15.7. The SMILES string of the molecule is NC(=O)[C@H](Cc1ccccc1)NC(=O)[C@H](Cc1ccccc1)NC(=O)CNC(=O)[C@H](CCCN=C(N)N[N+](=O)[O-])NC(=O)[C@H](Cc1ccccc1)NC(=O)OCc1ccccc1. The van der Waals surface area contributed by atoms with Crippen molar-refractivity contribution in [2.75, 3.05) is 13.1 Å². The number of nitro groups is 1. The normalized spacial score (nSPS) is 12.9. The number of alkyl carbamates (subject to hydrolysis) is 1. The number of aliphatic imine (C=N–C) groups is 1. The number of nitrogens with zero attached hydrogens (tertiary/aromatic N) is 2. The topological polar surface area (TPSA) is 291 Å². The average molecular weight is 851 g/mol. The van der Waals surface area contributed by atoms with E-state index in [1.807, 2.05) is 6.07 Å². The number of carbonyl (C=O) groups excluding carboxylic acids is 6. The lowest BCUT2D eigenvalue weighted by atomic mass is 10.0. The average Bonchev–Trinajstić information content (AvgIpc) is 3.26. The molecule has 0 aliphatic heterocycles. The number of benzene rings is 4. The summed E-state index contributed by atoms with van der Waals surface area (Å²) in [5, 5.41) is 22.8. The molecule has 0 aromatic heterocycles. The van der Waals surface area contributed by atoms with Gasteiger partial charge in [-0.25, -0.2) is 19.9 Å². The number of hydrogen-bond acceptors (Lipinski definition) is 10. The minimum absolute atomic E-state index is 0.0179. The summed E-state index contributed by atoms with van der Waals surface area (Å²) < 4.78 is 5.35. The molecule has 4 atom stereocenters. The highest BCUT2D eigenvalue weighted by Crippen LogP contribution is 2.09. The molecule has 0 saturated carbocycles. The Kier molecular flexibility index (Phi) is 18.8. The molecule has 0 spiro atoms. The van der Waals surface area contributed by atoms with Crippen molar-refractivity contribution in [3.05, 3.63) is 154 Å². The van der Waals surface area contributed by atoms with Crippen molar-refractivity contribution in [2.24, 2.45) is 16.5 Å². The smallest absolute Gasteiger partial charge is 0.408 e. The first-order chi connectivity index (χ1) is 29.9. The van der Waals surface area contributed by atoms with E-state index < -0.39 is 77.3 Å². The van der Waals surface area contributed by atoms with E-state index in [1.165, 1.54) is 0 Å². The molecule has 19 nitrogen and oxygen atoms in total. The van der Waals surface area contributed by atoms with Gasteiger partial charge in [-0.05, 0) is 35.1 Å². The van der Waals surface area contributed by atoms with Crippen LogP contribution in [-0.2, 0) is 54.6 Å². The Morgan fingerprint density at radius 1 is 0.597 bits per heavy atom. The summed E-state index contributed by atoms with van der Waals surface area (Å²) in [4.78, 5) is 94.5. The molecule has 326 valence electrons. The quantitative estimate of drug-likeness (QED) is 0.0171. The van der Waals surface area contributed by atoms with Gasteiger partial charge in [0.25, 0.3) is 5.96 Å². The molecule has 62 heavy (non-hydrogen) atoms. The minimum atomic E-state index is -1.31. The Morgan fingerprint density at radius 3 is 1.53 bits per heavy atom. The van der Waals surface area contributed by atoms with Crippen LogP contribution < -0.4 is 43.5 Å². The lowest BCUT2D eigenvalue weighted by molar-refractivity contribution is -0.525. The van der Waals surface area contributed by atoms with Crippen molar-refractivity contribution in [1.82, 2.24) is 32.0 Å². The third-order valence-corrected chi connectivity index (χ3v) is 9.18. The lowest BCUT2D eigenvalue weighted by Crippen LogP contribution is -2.57. The molecule has 0 radical (unpaired) electrons. The maximum absolute atomic E-state index is 13.9. The molecule has 0 saturated heterocycles. The van der Waals surface area contributed by atoms with E-state index in [2.05, 4.69) is 31.6 Å². The van der Waals surface area contributed by atoms with Gasteiger partial charge in [0.05, 0.1) is 6.54 Å². The standard InChI is InChI=1S/C43H50N10O9/c44-38(55)34(24-29-14-5-1-6-15-29)50-40(57)35(25-30-16-7-2-8-17-30)48-37(54)27-47-39(56)33(22-13-23-46-42(45)52-53(60)61)49-41(58)36(26-31-18-9-3-10-19-31)51-43(59)62-28-32-20-11-4-12-21-32/h1-12,14-21,33-36H,13,22-28H2,(H2,44,55)(H,47,56)(H,48,54)(H,49,58)(H,50,57)(H,51,59)(H3,45,46,52)/t33-,34-,35-,36-/m0/s1. The molecule has 6 amide bonds. The Morgan fingerprint density at radius 2 is 1.05 bits per heavy atom. The second kappa shape index (κ2) is 24.9. The summed E-state index contributed by atoms with van der Waals surface area (Å²) in [5.74, 6) is -4.28. The Hall–Kier alpha value is -7.83. The monoisotopic (exact) mass is 850 g/mol. The number of hydrazine groups is 1. The van der Waals surface area contributed by atoms with Gasteiger partial charge in [-0.15, -0.1) is 0 Å². The molecule has 4 rings (SSSR count). The second-order valence-electron chi connectivity index (χ2n) is 14.0. The van der Waals surface area contributed by atoms with Crippen molar-refractivity contribution < 1.29 is 38.5 Å². The number of nitrogens with one attached hydrogen (secondary N) is 6. The van der Waals surface area contributed by atoms with Crippen molar-refractivity contribution >= 4 is 41.6 Å². The van der Waals surface area contributed by atoms with Crippen LogP contribution >= 0.6 is 0 Å². The number of amides is 6. The van der Waals surface area contributed by atoms with Gasteiger partial charge in [0.2, 0.25) is 29.5 Å². The lowest BCUT2D eigenvalue weighted by Gasteiger charge is -2.24. The molecular weight excluding hydrogens is 801 g/mol. The van der Waals surface area contributed by atoms with Crippen LogP contribution in [0.3, 0.4) is 0 Å². The van der Waals surface area contributed by atoms with E-state index in [0.717, 1.165) is 5.56 Å². The fourth-order valence-corrected chi connectivity index (χ4v) is 6.07. The van der Waals surface area contributed by atoms with E-state index in [1.54, 1.807) is 121 Å². The maximum atomic E-state index is 13.9. The van der Waals surface area contributed by atoms with Crippen LogP contribution in [0.4, 0.5) is 4.79 Å². The zero-order chi connectivity index (χ0) is 44.7. The number of guanidine groups is 1. The number of hydrogen-bond donors (Lipinski definition) is 8. The zero-order valence-electron chi connectivity index (χ0n) is 33.7. The van der Waals surface area contributed by atoms with Gasteiger partial charge in [0.15, 0.2) is 5.03 Å². The summed E-state index contributed by atoms with van der Waals surface area (Å²) in [6.45, 7) is -0.790. The third kappa shape index (κ3) is 17.2. The molecule has 0 bridgehead atoms. The Labute approximate surface area is 357 Å². The molecule has 0 fully saturated rings. The maximum Gasteiger partial charge on any atom is 0.408 e. The van der Waals surface area contributed by atoms with Gasteiger partial charge in [-0.2, -0.15) is 0 Å². The molecule has 4 aromatic rings. The first-order valence-corrected chi connectivity index (χ1v) is 19.6. The number of rotatable bonds is 23. The van der Waals surface area contributed by atoms with E-state index in [0.29, 0.717) is 16.7 Å². The summed E-state index contributed by atoms with van der Waals surface area (Å²) >= 11 is 0. The Balaban J connectivity index is 1.47. The van der Waals surface area contributed by atoms with Crippen molar-refractivity contribution in [1.29, 1.82) is 0 Å². The summed E-state index contributed by atoms with van der Waals surface area (Å²) in [6.07, 6.45) is -0.728. The second-order valence-corrected chi connectivity index (χ2v) is 14.0. The van der Waals surface area contributed by atoms with Crippen LogP contribution in [0.5, 0.6) is 0 Å². The first kappa shape index (κ1) is 46.9. The minimum Gasteiger partial charge on any atom is -0.445 e. The van der Waals surface area contributed by atoms with Crippen LogP contribution in [0, 0.1) is 10.1 Å². The highest BCUT2D eigenvalue weighted by Gasteiger charge is 2.29. The third-order valence-electron chi connectivity index (χ3n) is 9.18. The van der Waals surface area contributed by atoms with Gasteiger partial charge in [0, 0.05) is 25.8 Å². The van der Waals surface area contributed by atoms with Gasteiger partial charge in [-0.1, -0.05) is 127 Å². The predicted octanol–water partition coefficient (Wildman–Crippen LogP) is 0.942. The van der Waals surface area contributed by atoms with Crippen LogP contribution in [0.1, 0.15) is 35.1 Å². The van der Waals surface area contributed by atoms with Crippen LogP contribution in [0.15, 0.2) is 126 Å². The zero-order valence-corrected chi connectivity index (χ0v) is 33.7. The van der Waals surface area contributed by atoms with E-state index in [-0.39, 0.29) is 45.3 Å². The number of primary amides is 1. The number of nitrogens with two attached hydrogens (primary N) is 2. The van der Waals surface area contributed by atoms with Gasteiger partial charge in [-0.3, -0.25) is 24.0 Å². The van der Waals surface area contributed by atoms with Crippen molar-refractivity contribution in [2.45, 2.75) is 62.9 Å². The van der Waals surface area contributed by atoms with E-state index in [4.69, 9.17) is 16.2 Å². The largest absolute Gasteiger partial charge is 0.445 e. The summed E-state index contributed by atoms with van der Waals surface area (Å²) in [7, 11) is 0. The van der Waals surface area contributed by atoms with Crippen LogP contribution in [-0.4, -0.2) is 83.9 Å². The number of carbonyl (C=O) groups is 6. The Bertz CT molecular complexity index is 2130. The fraction of sp³-hybridized carbons (Fsp3) is 0.279. The van der Waals surface area contributed by atoms with Crippen LogP contribution in [0.2, 0.25) is 0 Å². The van der Waals surface area contributed by atoms with Crippen molar-refractivity contribution in [3.8, 4) is 0 Å². The molecule has 10 N–H and O–H groups in total. The van der Waals surface area contributed by atoms with Gasteiger partial charge in [0.1, 0.15) is 30.8 Å². The molecule has 0 heterocycles. The fourth-order valence-electron chi connectivity index (χ4n) is 6.07. The predicted molar refractivity (Wildman–Crippen MR) is 228 cm³/mol. The molecule has 4 aromatic carbocycles.